The van der Waals surface area contributed by atoms with E-state index in [4.69, 9.17) is 0 Å². The number of aromatic nitrogens is 1. The average molecular weight is 326 g/mol. The lowest BCUT2D eigenvalue weighted by Crippen LogP contribution is -2.20. The Morgan fingerprint density at radius 2 is 2.00 bits per heavy atom. The molecule has 5 heteroatoms. The van der Waals surface area contributed by atoms with Crippen LogP contribution in [0, 0.1) is 0 Å². The summed E-state index contributed by atoms with van der Waals surface area (Å²) < 4.78 is 0. The second kappa shape index (κ2) is 7.15. The molecule has 0 spiro atoms. The summed E-state index contributed by atoms with van der Waals surface area (Å²) in [6.07, 6.45) is 5.16. The van der Waals surface area contributed by atoms with Crippen LogP contribution in [0.15, 0.2) is 59.4 Å². The van der Waals surface area contributed by atoms with Gasteiger partial charge in [0.15, 0.2) is 0 Å². The molecule has 3 heterocycles. The lowest BCUT2D eigenvalue weighted by molar-refractivity contribution is -0.116. The number of nitrogens with one attached hydrogen (secondary N) is 1. The van der Waals surface area contributed by atoms with E-state index in [0.717, 1.165) is 21.0 Å². The number of pyridine rings is 1. The Kier molecular flexibility index (Phi) is 4.78. The Balaban J connectivity index is 1.66. The van der Waals surface area contributed by atoms with Crippen LogP contribution in [0.25, 0.3) is 16.6 Å². The highest BCUT2D eigenvalue weighted by Crippen LogP contribution is 2.25. The lowest BCUT2D eigenvalue weighted by Gasteiger charge is -2.07. The molecule has 22 heavy (non-hydrogen) atoms. The van der Waals surface area contributed by atoms with E-state index in [2.05, 4.69) is 10.3 Å². The van der Waals surface area contributed by atoms with E-state index in [0.29, 0.717) is 6.54 Å². The average Bonchev–Trinajstić information content (AvgIpc) is 3.24. The SMILES string of the molecule is O=C(C=Cc1cccs1)NCc1cccnc1-c1cccs1. The van der Waals surface area contributed by atoms with Crippen LogP contribution < -0.4 is 5.32 Å². The van der Waals surface area contributed by atoms with Gasteiger partial charge in [0.05, 0.1) is 10.6 Å². The highest BCUT2D eigenvalue weighted by atomic mass is 32.1. The molecule has 0 aliphatic heterocycles. The van der Waals surface area contributed by atoms with E-state index < -0.39 is 0 Å². The van der Waals surface area contributed by atoms with E-state index in [9.17, 15) is 4.79 Å². The van der Waals surface area contributed by atoms with Crippen LogP contribution in [-0.2, 0) is 11.3 Å². The van der Waals surface area contributed by atoms with Gasteiger partial charge in [-0.3, -0.25) is 9.78 Å². The van der Waals surface area contributed by atoms with Gasteiger partial charge in [-0.25, -0.2) is 0 Å². The van der Waals surface area contributed by atoms with Gasteiger partial charge in [0, 0.05) is 23.7 Å². The molecule has 0 saturated carbocycles. The Labute approximate surface area is 137 Å². The fourth-order valence-electron chi connectivity index (χ4n) is 2.00. The van der Waals surface area contributed by atoms with Gasteiger partial charge >= 0.3 is 0 Å². The second-order valence-corrected chi connectivity index (χ2v) is 6.48. The number of nitrogens with zero attached hydrogens (tertiary/aromatic N) is 1. The third-order valence-electron chi connectivity index (χ3n) is 3.04. The molecule has 0 radical (unpaired) electrons. The van der Waals surface area contributed by atoms with Crippen molar-refractivity contribution in [3.8, 4) is 10.6 Å². The highest BCUT2D eigenvalue weighted by molar-refractivity contribution is 7.13. The molecule has 1 amide bonds. The van der Waals surface area contributed by atoms with E-state index in [1.54, 1.807) is 34.9 Å². The zero-order chi connectivity index (χ0) is 15.2. The first-order valence-corrected chi connectivity index (χ1v) is 8.56. The molecular formula is C17H14N2OS2. The third-order valence-corrected chi connectivity index (χ3v) is 4.76. The van der Waals surface area contributed by atoms with Crippen molar-refractivity contribution in [3.05, 3.63) is 69.9 Å². The van der Waals surface area contributed by atoms with Crippen LogP contribution in [0.4, 0.5) is 0 Å². The second-order valence-electron chi connectivity index (χ2n) is 4.55. The fourth-order valence-corrected chi connectivity index (χ4v) is 3.38. The molecule has 110 valence electrons. The molecule has 1 N–H and O–H groups in total. The molecule has 0 saturated heterocycles. The van der Waals surface area contributed by atoms with Crippen LogP contribution in [-0.4, -0.2) is 10.9 Å². The van der Waals surface area contributed by atoms with Gasteiger partial charge in [-0.05, 0) is 40.6 Å². The molecule has 0 bridgehead atoms. The van der Waals surface area contributed by atoms with Crippen LogP contribution >= 0.6 is 22.7 Å². The van der Waals surface area contributed by atoms with Crippen molar-refractivity contribution in [2.24, 2.45) is 0 Å². The number of carbonyl (C=O) groups excluding carboxylic acids is 1. The smallest absolute Gasteiger partial charge is 0.244 e. The first-order valence-electron chi connectivity index (χ1n) is 6.80. The van der Waals surface area contributed by atoms with E-state index in [1.807, 2.05) is 53.2 Å². The molecular weight excluding hydrogens is 312 g/mol. The fraction of sp³-hybridized carbons (Fsp3) is 0.0588. The summed E-state index contributed by atoms with van der Waals surface area (Å²) in [5, 5.41) is 6.92. The summed E-state index contributed by atoms with van der Waals surface area (Å²) in [6.45, 7) is 0.467. The Bertz CT molecular complexity index is 762. The summed E-state index contributed by atoms with van der Waals surface area (Å²) in [4.78, 5) is 18.5. The Morgan fingerprint density at radius 3 is 2.77 bits per heavy atom. The number of amides is 1. The zero-order valence-electron chi connectivity index (χ0n) is 11.7. The maximum Gasteiger partial charge on any atom is 0.244 e. The number of hydrogen-bond donors (Lipinski definition) is 1. The normalized spacial score (nSPS) is 10.9. The molecule has 3 rings (SSSR count). The van der Waals surface area contributed by atoms with Crippen LogP contribution in [0.3, 0.4) is 0 Å². The standard InChI is InChI=1S/C17H14N2OS2/c20-16(8-7-14-5-2-10-21-14)19-12-13-4-1-9-18-17(13)15-6-3-11-22-15/h1-11H,12H2,(H,19,20). The topological polar surface area (TPSA) is 42.0 Å². The predicted octanol–water partition coefficient (Wildman–Crippen LogP) is 4.20. The summed E-state index contributed by atoms with van der Waals surface area (Å²) in [6, 6.07) is 11.9. The minimum atomic E-state index is -0.102. The van der Waals surface area contributed by atoms with E-state index in [-0.39, 0.29) is 5.91 Å². The summed E-state index contributed by atoms with van der Waals surface area (Å²) in [5.41, 5.74) is 1.95. The van der Waals surface area contributed by atoms with Crippen molar-refractivity contribution in [1.82, 2.24) is 10.3 Å². The van der Waals surface area contributed by atoms with Crippen LogP contribution in [0.1, 0.15) is 10.4 Å². The quantitative estimate of drug-likeness (QED) is 0.714. The number of rotatable bonds is 5. The van der Waals surface area contributed by atoms with Gasteiger partial charge in [0.2, 0.25) is 5.91 Å². The predicted molar refractivity (Wildman–Crippen MR) is 92.7 cm³/mol. The van der Waals surface area contributed by atoms with Crippen LogP contribution in [0.2, 0.25) is 0 Å². The zero-order valence-corrected chi connectivity index (χ0v) is 13.4. The maximum absolute atomic E-state index is 11.9. The van der Waals surface area contributed by atoms with Gasteiger partial charge in [0.1, 0.15) is 0 Å². The third kappa shape index (κ3) is 3.69. The van der Waals surface area contributed by atoms with E-state index in [1.165, 1.54) is 0 Å². The minimum absolute atomic E-state index is 0.102. The number of carbonyl (C=O) groups is 1. The minimum Gasteiger partial charge on any atom is -0.348 e. The molecule has 0 aliphatic rings. The molecule has 3 aromatic rings. The maximum atomic E-state index is 11.9. The molecule has 0 atom stereocenters. The molecule has 3 nitrogen and oxygen atoms in total. The largest absolute Gasteiger partial charge is 0.348 e. The first-order chi connectivity index (χ1) is 10.8. The van der Waals surface area contributed by atoms with E-state index >= 15 is 0 Å². The Hall–Kier alpha value is -2.24. The van der Waals surface area contributed by atoms with Crippen LogP contribution in [0.5, 0.6) is 0 Å². The van der Waals surface area contributed by atoms with Crippen molar-refractivity contribution in [1.29, 1.82) is 0 Å². The Morgan fingerprint density at radius 1 is 1.14 bits per heavy atom. The monoisotopic (exact) mass is 326 g/mol. The lowest BCUT2D eigenvalue weighted by atomic mass is 10.1. The summed E-state index contributed by atoms with van der Waals surface area (Å²) in [5.74, 6) is -0.102. The van der Waals surface area contributed by atoms with Gasteiger partial charge in [0.25, 0.3) is 0 Å². The van der Waals surface area contributed by atoms with Crippen molar-refractivity contribution < 1.29 is 4.79 Å². The first kappa shape index (κ1) is 14.7. The van der Waals surface area contributed by atoms with Gasteiger partial charge < -0.3 is 5.32 Å². The highest BCUT2D eigenvalue weighted by Gasteiger charge is 2.07. The number of hydrogen-bond acceptors (Lipinski definition) is 4. The van der Waals surface area contributed by atoms with Gasteiger partial charge in [-0.15, -0.1) is 22.7 Å². The van der Waals surface area contributed by atoms with Crippen molar-refractivity contribution in [2.45, 2.75) is 6.54 Å². The molecule has 3 aromatic heterocycles. The molecule has 0 aliphatic carbocycles. The summed E-state index contributed by atoms with van der Waals surface area (Å²) in [7, 11) is 0. The van der Waals surface area contributed by atoms with Gasteiger partial charge in [-0.2, -0.15) is 0 Å². The van der Waals surface area contributed by atoms with Gasteiger partial charge in [-0.1, -0.05) is 18.2 Å². The van der Waals surface area contributed by atoms with Crippen molar-refractivity contribution >= 4 is 34.7 Å². The van der Waals surface area contributed by atoms with Crippen molar-refractivity contribution in [3.63, 3.8) is 0 Å². The summed E-state index contributed by atoms with van der Waals surface area (Å²) >= 11 is 3.25. The van der Waals surface area contributed by atoms with Crippen molar-refractivity contribution in [2.75, 3.05) is 0 Å². The molecule has 0 unspecified atom stereocenters. The number of thiophene rings is 2. The molecule has 0 aromatic carbocycles. The molecule has 0 fully saturated rings.